The van der Waals surface area contributed by atoms with Crippen molar-refractivity contribution in [3.05, 3.63) is 24.3 Å². The lowest BCUT2D eigenvalue weighted by Gasteiger charge is -2.28. The molecular formula is C17H26N2O2S. The van der Waals surface area contributed by atoms with Crippen LogP contribution in [-0.4, -0.2) is 21.8 Å². The SMILES string of the molecule is CCCCCCCCSC1(CC(=O)O)Nc2ccccc2N1. The minimum atomic E-state index is -0.789. The highest BCUT2D eigenvalue weighted by Gasteiger charge is 2.38. The molecule has 0 aromatic heterocycles. The number of hydrogen-bond acceptors (Lipinski definition) is 4. The number of carboxylic acids is 1. The van der Waals surface area contributed by atoms with Crippen molar-refractivity contribution < 1.29 is 9.90 Å². The van der Waals surface area contributed by atoms with Crippen molar-refractivity contribution in [2.75, 3.05) is 16.4 Å². The Bertz CT molecular complexity index is 468. The van der Waals surface area contributed by atoms with Gasteiger partial charge in [0, 0.05) is 0 Å². The van der Waals surface area contributed by atoms with Crippen LogP contribution in [0.3, 0.4) is 0 Å². The normalized spacial score (nSPS) is 15.0. The summed E-state index contributed by atoms with van der Waals surface area (Å²) in [6.07, 6.45) is 7.59. The maximum absolute atomic E-state index is 11.2. The highest BCUT2D eigenvalue weighted by molar-refractivity contribution is 8.00. The second-order valence-electron chi connectivity index (χ2n) is 5.81. The van der Waals surface area contributed by atoms with Crippen LogP contribution in [0.15, 0.2) is 24.3 Å². The van der Waals surface area contributed by atoms with Gasteiger partial charge in [-0.05, 0) is 24.3 Å². The summed E-state index contributed by atoms with van der Waals surface area (Å²) in [5, 5.41) is 15.9. The number of anilines is 2. The zero-order valence-electron chi connectivity index (χ0n) is 13.2. The molecular weight excluding hydrogens is 296 g/mol. The van der Waals surface area contributed by atoms with E-state index in [0.717, 1.165) is 23.5 Å². The number of unbranched alkanes of at least 4 members (excludes halogenated alkanes) is 5. The summed E-state index contributed by atoms with van der Waals surface area (Å²) in [4.78, 5) is 10.6. The molecule has 22 heavy (non-hydrogen) atoms. The second kappa shape index (κ2) is 8.32. The van der Waals surface area contributed by atoms with Crippen molar-refractivity contribution in [3.8, 4) is 0 Å². The van der Waals surface area contributed by atoms with Crippen molar-refractivity contribution in [1.82, 2.24) is 0 Å². The molecule has 0 fully saturated rings. The van der Waals surface area contributed by atoms with Crippen molar-refractivity contribution in [2.24, 2.45) is 0 Å². The van der Waals surface area contributed by atoms with Gasteiger partial charge in [-0.15, -0.1) is 11.8 Å². The molecule has 0 saturated carbocycles. The molecule has 0 atom stereocenters. The van der Waals surface area contributed by atoms with Gasteiger partial charge in [0.1, 0.15) is 0 Å². The Morgan fingerprint density at radius 2 is 1.68 bits per heavy atom. The van der Waals surface area contributed by atoms with Gasteiger partial charge >= 0.3 is 5.97 Å². The molecule has 0 bridgehead atoms. The maximum Gasteiger partial charge on any atom is 0.308 e. The molecule has 0 unspecified atom stereocenters. The number of hydrogen-bond donors (Lipinski definition) is 3. The summed E-state index contributed by atoms with van der Waals surface area (Å²) < 4.78 is 0. The third-order valence-electron chi connectivity index (χ3n) is 3.85. The van der Waals surface area contributed by atoms with Crippen LogP contribution in [0.1, 0.15) is 51.9 Å². The average Bonchev–Trinajstić information content (AvgIpc) is 2.83. The van der Waals surface area contributed by atoms with Gasteiger partial charge in [0.25, 0.3) is 0 Å². The van der Waals surface area contributed by atoms with Gasteiger partial charge in [0.2, 0.25) is 0 Å². The molecule has 0 radical (unpaired) electrons. The predicted octanol–water partition coefficient (Wildman–Crippen LogP) is 4.75. The number of fused-ring (bicyclic) bond motifs is 1. The largest absolute Gasteiger partial charge is 0.481 e. The Morgan fingerprint density at radius 3 is 2.27 bits per heavy atom. The number of carboxylic acid groups (broad SMARTS) is 1. The first-order valence-corrected chi connectivity index (χ1v) is 9.15. The third kappa shape index (κ3) is 4.83. The molecule has 5 heteroatoms. The number of nitrogens with one attached hydrogen (secondary N) is 2. The molecule has 3 N–H and O–H groups in total. The number of benzene rings is 1. The fourth-order valence-electron chi connectivity index (χ4n) is 2.72. The van der Waals surface area contributed by atoms with E-state index in [1.807, 2.05) is 24.3 Å². The van der Waals surface area contributed by atoms with Gasteiger partial charge in [0.05, 0.1) is 17.8 Å². The fraction of sp³-hybridized carbons (Fsp3) is 0.588. The van der Waals surface area contributed by atoms with E-state index in [-0.39, 0.29) is 6.42 Å². The van der Waals surface area contributed by atoms with Crippen LogP contribution in [0, 0.1) is 0 Å². The monoisotopic (exact) mass is 322 g/mol. The summed E-state index contributed by atoms with van der Waals surface area (Å²) in [7, 11) is 0. The zero-order valence-corrected chi connectivity index (χ0v) is 14.0. The minimum absolute atomic E-state index is 0.0577. The molecule has 0 saturated heterocycles. The summed E-state index contributed by atoms with van der Waals surface area (Å²) >= 11 is 1.68. The molecule has 1 aliphatic rings. The number of rotatable bonds is 10. The average molecular weight is 322 g/mol. The molecule has 122 valence electrons. The molecule has 0 spiro atoms. The van der Waals surface area contributed by atoms with E-state index in [1.54, 1.807) is 11.8 Å². The number of aliphatic carboxylic acids is 1. The van der Waals surface area contributed by atoms with E-state index in [1.165, 1.54) is 32.1 Å². The molecule has 2 rings (SSSR count). The highest BCUT2D eigenvalue weighted by Crippen LogP contribution is 2.41. The van der Waals surface area contributed by atoms with Crippen molar-refractivity contribution in [3.63, 3.8) is 0 Å². The van der Waals surface area contributed by atoms with E-state index < -0.39 is 11.0 Å². The number of para-hydroxylation sites is 2. The predicted molar refractivity (Wildman–Crippen MR) is 94.5 cm³/mol. The lowest BCUT2D eigenvalue weighted by molar-refractivity contribution is -0.137. The zero-order chi connectivity index (χ0) is 15.8. The molecule has 1 aromatic carbocycles. The first-order chi connectivity index (χ1) is 10.7. The second-order valence-corrected chi connectivity index (χ2v) is 7.20. The van der Waals surface area contributed by atoms with E-state index >= 15 is 0 Å². The minimum Gasteiger partial charge on any atom is -0.481 e. The van der Waals surface area contributed by atoms with Gasteiger partial charge < -0.3 is 15.7 Å². The summed E-state index contributed by atoms with van der Waals surface area (Å²) in [5.74, 6) is 0.177. The first-order valence-electron chi connectivity index (χ1n) is 8.16. The van der Waals surface area contributed by atoms with Crippen molar-refractivity contribution in [1.29, 1.82) is 0 Å². The standard InChI is InChI=1S/C17H26N2O2S/c1-2-3-4-5-6-9-12-22-17(13-16(20)21)18-14-10-7-8-11-15(14)19-17/h7-8,10-11,18-19H,2-6,9,12-13H2,1H3,(H,20,21). The molecule has 0 amide bonds. The molecule has 1 heterocycles. The van der Waals surface area contributed by atoms with Crippen LogP contribution in [0.25, 0.3) is 0 Å². The lowest BCUT2D eigenvalue weighted by Crippen LogP contribution is -2.40. The highest BCUT2D eigenvalue weighted by atomic mass is 32.2. The third-order valence-corrected chi connectivity index (χ3v) is 5.18. The quantitative estimate of drug-likeness (QED) is 0.543. The van der Waals surface area contributed by atoms with Gasteiger partial charge in [0.15, 0.2) is 4.99 Å². The van der Waals surface area contributed by atoms with Crippen LogP contribution in [0.4, 0.5) is 11.4 Å². The van der Waals surface area contributed by atoms with Crippen LogP contribution < -0.4 is 10.6 Å². The maximum atomic E-state index is 11.2. The number of thioether (sulfide) groups is 1. The van der Waals surface area contributed by atoms with Gasteiger partial charge in [-0.2, -0.15) is 0 Å². The Morgan fingerprint density at radius 1 is 1.09 bits per heavy atom. The Kier molecular flexibility index (Phi) is 6.43. The Balaban J connectivity index is 1.82. The Hall–Kier alpha value is -1.36. The molecule has 1 aliphatic heterocycles. The summed E-state index contributed by atoms with van der Waals surface area (Å²) in [6, 6.07) is 7.89. The summed E-state index contributed by atoms with van der Waals surface area (Å²) in [5.41, 5.74) is 1.97. The van der Waals surface area contributed by atoms with Crippen LogP contribution in [0.5, 0.6) is 0 Å². The van der Waals surface area contributed by atoms with E-state index in [9.17, 15) is 9.90 Å². The topological polar surface area (TPSA) is 61.4 Å². The number of carbonyl (C=O) groups is 1. The van der Waals surface area contributed by atoms with E-state index in [0.29, 0.717) is 0 Å². The van der Waals surface area contributed by atoms with Crippen molar-refractivity contribution in [2.45, 2.75) is 56.9 Å². The van der Waals surface area contributed by atoms with E-state index in [2.05, 4.69) is 17.6 Å². The molecule has 4 nitrogen and oxygen atoms in total. The van der Waals surface area contributed by atoms with E-state index in [4.69, 9.17) is 0 Å². The van der Waals surface area contributed by atoms with Gasteiger partial charge in [-0.25, -0.2) is 0 Å². The van der Waals surface area contributed by atoms with Gasteiger partial charge in [-0.1, -0.05) is 51.2 Å². The molecule has 0 aliphatic carbocycles. The lowest BCUT2D eigenvalue weighted by atomic mass is 10.1. The fourth-order valence-corrected chi connectivity index (χ4v) is 4.01. The summed E-state index contributed by atoms with van der Waals surface area (Å²) in [6.45, 7) is 2.22. The van der Waals surface area contributed by atoms with Crippen LogP contribution in [0.2, 0.25) is 0 Å². The molecule has 1 aromatic rings. The van der Waals surface area contributed by atoms with Crippen LogP contribution >= 0.6 is 11.8 Å². The first kappa shape index (κ1) is 17.0. The smallest absolute Gasteiger partial charge is 0.308 e. The van der Waals surface area contributed by atoms with Crippen LogP contribution in [-0.2, 0) is 4.79 Å². The van der Waals surface area contributed by atoms with Gasteiger partial charge in [-0.3, -0.25) is 4.79 Å². The van der Waals surface area contributed by atoms with Crippen molar-refractivity contribution >= 4 is 29.1 Å². The Labute approximate surface area is 137 Å².